The predicted octanol–water partition coefficient (Wildman–Crippen LogP) is 5.86. The van der Waals surface area contributed by atoms with Crippen LogP contribution in [0.1, 0.15) is 33.9 Å². The lowest BCUT2D eigenvalue weighted by molar-refractivity contribution is 0.174. The van der Waals surface area contributed by atoms with Crippen LogP contribution in [0.2, 0.25) is 5.02 Å². The molecule has 33 heavy (non-hydrogen) atoms. The normalized spacial score (nSPS) is 16.6. The van der Waals surface area contributed by atoms with Gasteiger partial charge in [-0.25, -0.2) is 0 Å². The van der Waals surface area contributed by atoms with Gasteiger partial charge in [-0.05, 0) is 59.4 Å². The van der Waals surface area contributed by atoms with Gasteiger partial charge in [0.2, 0.25) is 6.79 Å². The maximum absolute atomic E-state index is 6.86. The Kier molecular flexibility index (Phi) is 6.16. The monoisotopic (exact) mass is 463 g/mol. The quantitative estimate of drug-likeness (QED) is 0.495. The Morgan fingerprint density at radius 3 is 2.70 bits per heavy atom. The number of hydrogen-bond acceptors (Lipinski definition) is 5. The van der Waals surface area contributed by atoms with E-state index in [9.17, 15) is 0 Å². The number of methoxy groups -OCH3 is 1. The number of ether oxygens (including phenoxy) is 4. The number of hydrogen-bond donors (Lipinski definition) is 1. The molecule has 3 aromatic rings. The summed E-state index contributed by atoms with van der Waals surface area (Å²) in [5.74, 6) is 2.81. The highest BCUT2D eigenvalue weighted by molar-refractivity contribution is 6.33. The second-order valence-corrected chi connectivity index (χ2v) is 8.54. The van der Waals surface area contributed by atoms with Crippen LogP contribution in [-0.2, 0) is 13.0 Å². The number of rotatable bonds is 6. The van der Waals surface area contributed by atoms with Gasteiger partial charge in [-0.1, -0.05) is 54.1 Å². The van der Waals surface area contributed by atoms with E-state index in [2.05, 4.69) is 24.4 Å². The number of nitrogens with one attached hydrogen (secondary N) is 1. The van der Waals surface area contributed by atoms with Crippen LogP contribution in [0.4, 0.5) is 0 Å². The summed E-state index contributed by atoms with van der Waals surface area (Å²) in [4.78, 5) is 0. The molecular formula is C27H26ClNO4. The molecule has 2 aliphatic rings. The number of fused-ring (bicyclic) bond motifs is 2. The summed E-state index contributed by atoms with van der Waals surface area (Å²) >= 11 is 6.86. The van der Waals surface area contributed by atoms with Gasteiger partial charge in [-0.15, -0.1) is 0 Å². The second kappa shape index (κ2) is 9.38. The summed E-state index contributed by atoms with van der Waals surface area (Å²) in [6.07, 6.45) is 5.10. The van der Waals surface area contributed by atoms with Crippen molar-refractivity contribution in [3.05, 3.63) is 87.4 Å². The number of benzene rings is 3. The maximum Gasteiger partial charge on any atom is 0.231 e. The summed E-state index contributed by atoms with van der Waals surface area (Å²) in [5, 5.41) is 4.20. The minimum absolute atomic E-state index is 0.00754. The molecule has 1 unspecified atom stereocenters. The van der Waals surface area contributed by atoms with Gasteiger partial charge in [0, 0.05) is 6.54 Å². The van der Waals surface area contributed by atoms with Crippen molar-refractivity contribution in [2.45, 2.75) is 26.0 Å². The van der Waals surface area contributed by atoms with Crippen LogP contribution in [-0.4, -0.2) is 20.4 Å². The maximum atomic E-state index is 6.86. The summed E-state index contributed by atoms with van der Waals surface area (Å²) < 4.78 is 22.8. The molecule has 170 valence electrons. The molecule has 0 radical (unpaired) electrons. The fourth-order valence-corrected chi connectivity index (χ4v) is 4.64. The molecule has 0 spiro atoms. The SMILES string of the molecule is COc1cc2c(c(Cl)c1OCc1ccccc1)CCNC2/C=C/c1cc2c(cc1C)OCO2. The molecular weight excluding hydrogens is 438 g/mol. The molecule has 0 fully saturated rings. The molecule has 0 saturated heterocycles. The first-order valence-electron chi connectivity index (χ1n) is 11.0. The molecule has 0 amide bonds. The van der Waals surface area contributed by atoms with Gasteiger partial charge < -0.3 is 24.3 Å². The topological polar surface area (TPSA) is 49.0 Å². The van der Waals surface area contributed by atoms with E-state index in [1.54, 1.807) is 7.11 Å². The predicted molar refractivity (Wildman–Crippen MR) is 130 cm³/mol. The first-order valence-corrected chi connectivity index (χ1v) is 11.4. The molecule has 2 heterocycles. The molecule has 1 atom stereocenters. The van der Waals surface area contributed by atoms with Crippen LogP contribution in [0, 0.1) is 6.92 Å². The van der Waals surface area contributed by atoms with Gasteiger partial charge in [0.25, 0.3) is 0 Å². The van der Waals surface area contributed by atoms with Crippen LogP contribution in [0.25, 0.3) is 6.08 Å². The van der Waals surface area contributed by atoms with Gasteiger partial charge in [0.1, 0.15) is 6.61 Å². The highest BCUT2D eigenvalue weighted by Crippen LogP contribution is 2.44. The largest absolute Gasteiger partial charge is 0.493 e. The van der Waals surface area contributed by atoms with Gasteiger partial charge in [0.15, 0.2) is 23.0 Å². The van der Waals surface area contributed by atoms with E-state index in [-0.39, 0.29) is 12.8 Å². The Morgan fingerprint density at radius 1 is 1.12 bits per heavy atom. The zero-order chi connectivity index (χ0) is 22.8. The van der Waals surface area contributed by atoms with Crippen molar-refractivity contribution in [1.82, 2.24) is 5.32 Å². The third-order valence-corrected chi connectivity index (χ3v) is 6.47. The van der Waals surface area contributed by atoms with Crippen molar-refractivity contribution in [3.8, 4) is 23.0 Å². The molecule has 6 heteroatoms. The molecule has 0 saturated carbocycles. The summed E-state index contributed by atoms with van der Waals surface area (Å²) in [5.41, 5.74) is 5.50. The number of aryl methyl sites for hydroxylation is 1. The molecule has 0 aromatic heterocycles. The van der Waals surface area contributed by atoms with E-state index >= 15 is 0 Å². The lowest BCUT2D eigenvalue weighted by Crippen LogP contribution is -2.29. The van der Waals surface area contributed by atoms with E-state index < -0.39 is 0 Å². The molecule has 5 rings (SSSR count). The van der Waals surface area contributed by atoms with Gasteiger partial charge in [-0.2, -0.15) is 0 Å². The Labute approximate surface area is 198 Å². The van der Waals surface area contributed by atoms with E-state index in [1.807, 2.05) is 48.5 Å². The third kappa shape index (κ3) is 4.39. The molecule has 3 aromatic carbocycles. The molecule has 2 aliphatic heterocycles. The average Bonchev–Trinajstić information content (AvgIpc) is 3.29. The molecule has 1 N–H and O–H groups in total. The zero-order valence-electron chi connectivity index (χ0n) is 18.7. The Balaban J connectivity index is 1.43. The highest BCUT2D eigenvalue weighted by atomic mass is 35.5. The summed E-state index contributed by atoms with van der Waals surface area (Å²) in [6.45, 7) is 3.60. The van der Waals surface area contributed by atoms with Gasteiger partial charge in [-0.3, -0.25) is 0 Å². The van der Waals surface area contributed by atoms with Crippen molar-refractivity contribution in [2.24, 2.45) is 0 Å². The average molecular weight is 464 g/mol. The van der Waals surface area contributed by atoms with E-state index in [4.69, 9.17) is 30.5 Å². The molecule has 0 aliphatic carbocycles. The van der Waals surface area contributed by atoms with E-state index in [1.165, 1.54) is 0 Å². The van der Waals surface area contributed by atoms with Gasteiger partial charge in [0.05, 0.1) is 18.2 Å². The highest BCUT2D eigenvalue weighted by Gasteiger charge is 2.26. The van der Waals surface area contributed by atoms with Crippen molar-refractivity contribution in [2.75, 3.05) is 20.4 Å². The zero-order valence-corrected chi connectivity index (χ0v) is 19.4. The smallest absolute Gasteiger partial charge is 0.231 e. The number of halogens is 1. The van der Waals surface area contributed by atoms with Crippen molar-refractivity contribution in [3.63, 3.8) is 0 Å². The van der Waals surface area contributed by atoms with Crippen molar-refractivity contribution < 1.29 is 18.9 Å². The van der Waals surface area contributed by atoms with Crippen LogP contribution >= 0.6 is 11.6 Å². The third-order valence-electron chi connectivity index (χ3n) is 6.07. The van der Waals surface area contributed by atoms with Crippen molar-refractivity contribution in [1.29, 1.82) is 0 Å². The van der Waals surface area contributed by atoms with Crippen LogP contribution in [0.5, 0.6) is 23.0 Å². The summed E-state index contributed by atoms with van der Waals surface area (Å²) in [7, 11) is 1.64. The fourth-order valence-electron chi connectivity index (χ4n) is 4.29. The Morgan fingerprint density at radius 2 is 1.91 bits per heavy atom. The van der Waals surface area contributed by atoms with Gasteiger partial charge >= 0.3 is 0 Å². The molecule has 5 nitrogen and oxygen atoms in total. The Bertz CT molecular complexity index is 1190. The second-order valence-electron chi connectivity index (χ2n) is 8.17. The lowest BCUT2D eigenvalue weighted by Gasteiger charge is -2.28. The molecule has 0 bridgehead atoms. The fraction of sp³-hybridized carbons (Fsp3) is 0.259. The van der Waals surface area contributed by atoms with Crippen LogP contribution in [0.3, 0.4) is 0 Å². The first-order chi connectivity index (χ1) is 16.1. The Hall–Kier alpha value is -3.15. The van der Waals surface area contributed by atoms with Crippen LogP contribution < -0.4 is 24.3 Å². The lowest BCUT2D eigenvalue weighted by atomic mass is 9.92. The minimum atomic E-state index is 0.00754. The standard InChI is InChI=1S/C27H26ClNO4/c1-17-12-23-24(33-16-32-23)13-19(17)8-9-22-21-14-25(30-2)27(26(28)20(21)10-11-29-22)31-15-18-6-4-3-5-7-18/h3-9,12-14,22,29H,10-11,15-16H2,1-2H3/b9-8+. The summed E-state index contributed by atoms with van der Waals surface area (Å²) in [6, 6.07) is 16.1. The minimum Gasteiger partial charge on any atom is -0.493 e. The van der Waals surface area contributed by atoms with Crippen LogP contribution in [0.15, 0.2) is 54.6 Å². The van der Waals surface area contributed by atoms with E-state index in [0.29, 0.717) is 23.1 Å². The first kappa shape index (κ1) is 21.7. The van der Waals surface area contributed by atoms with Crippen molar-refractivity contribution >= 4 is 17.7 Å². The van der Waals surface area contributed by atoms with E-state index in [0.717, 1.165) is 52.3 Å².